The standard InChI is InChI=1S/C2H7Cl2N2P/c1-6(2)7(3,4)5/h5H,1-2H3. The third kappa shape index (κ3) is 3.36. The average Bonchev–Trinajstić information content (AvgIpc) is 1.31. The highest BCUT2D eigenvalue weighted by molar-refractivity contribution is 8.07. The van der Waals surface area contributed by atoms with Crippen molar-refractivity contribution in [2.24, 2.45) is 0 Å². The molecule has 0 saturated heterocycles. The first-order valence-electron chi connectivity index (χ1n) is 1.66. The molecule has 0 aliphatic rings. The smallest absolute Gasteiger partial charge is 0.202 e. The normalized spacial score (nSPS) is 12.7. The number of halogens is 2. The zero-order chi connectivity index (χ0) is 6.08. The summed E-state index contributed by atoms with van der Waals surface area (Å²) in [6.45, 7) is 0. The molecule has 5 heteroatoms. The summed E-state index contributed by atoms with van der Waals surface area (Å²) in [6.07, 6.45) is 0. The summed E-state index contributed by atoms with van der Waals surface area (Å²) in [5.41, 5.74) is 0. The molecular weight excluding hydrogens is 154 g/mol. The Morgan fingerprint density at radius 2 is 1.57 bits per heavy atom. The van der Waals surface area contributed by atoms with E-state index in [0.29, 0.717) is 0 Å². The van der Waals surface area contributed by atoms with E-state index >= 15 is 0 Å². The molecule has 0 fully saturated rings. The third-order valence-corrected chi connectivity index (χ3v) is 3.32. The van der Waals surface area contributed by atoms with Crippen molar-refractivity contribution in [1.29, 1.82) is 5.16 Å². The Hall–Kier alpha value is 0.770. The topological polar surface area (TPSA) is 27.1 Å². The Morgan fingerprint density at radius 1 is 1.43 bits per heavy atom. The van der Waals surface area contributed by atoms with Crippen LogP contribution in [0.3, 0.4) is 0 Å². The highest BCUT2D eigenvalue weighted by Crippen LogP contribution is 2.58. The Balaban J connectivity index is 3.80. The maximum atomic E-state index is 6.95. The van der Waals surface area contributed by atoms with Crippen LogP contribution in [0.25, 0.3) is 0 Å². The van der Waals surface area contributed by atoms with E-state index in [9.17, 15) is 0 Å². The van der Waals surface area contributed by atoms with Gasteiger partial charge in [0.2, 0.25) is 5.91 Å². The van der Waals surface area contributed by atoms with Crippen molar-refractivity contribution in [2.75, 3.05) is 14.1 Å². The molecule has 0 aliphatic carbocycles. The minimum atomic E-state index is -2.46. The second-order valence-corrected chi connectivity index (χ2v) is 6.55. The van der Waals surface area contributed by atoms with Crippen LogP contribution >= 0.6 is 28.4 Å². The summed E-state index contributed by atoms with van der Waals surface area (Å²) in [5.74, 6) is -2.46. The van der Waals surface area contributed by atoms with E-state index in [-0.39, 0.29) is 0 Å². The molecule has 0 aliphatic heterocycles. The van der Waals surface area contributed by atoms with Crippen molar-refractivity contribution >= 4 is 28.4 Å². The predicted octanol–water partition coefficient (Wildman–Crippen LogP) is 2.55. The summed E-state index contributed by atoms with van der Waals surface area (Å²) in [4.78, 5) is 0. The highest BCUT2D eigenvalue weighted by Gasteiger charge is 2.08. The Kier molecular flexibility index (Phi) is 2.62. The van der Waals surface area contributed by atoms with Crippen molar-refractivity contribution in [3.05, 3.63) is 0 Å². The van der Waals surface area contributed by atoms with Crippen molar-refractivity contribution in [1.82, 2.24) is 4.67 Å². The SMILES string of the molecule is CN(C)P(=N)(Cl)Cl. The largest absolute Gasteiger partial charge is 0.277 e. The zero-order valence-electron chi connectivity index (χ0n) is 4.15. The minimum Gasteiger partial charge on any atom is -0.277 e. The first-order chi connectivity index (χ1) is 2.94. The van der Waals surface area contributed by atoms with Gasteiger partial charge in [0.25, 0.3) is 0 Å². The number of nitrogens with zero attached hydrogens (tertiary/aromatic N) is 1. The minimum absolute atomic E-state index is 1.50. The van der Waals surface area contributed by atoms with Crippen LogP contribution in [0.5, 0.6) is 0 Å². The van der Waals surface area contributed by atoms with E-state index in [4.69, 9.17) is 27.6 Å². The van der Waals surface area contributed by atoms with Crippen LogP contribution in [-0.2, 0) is 0 Å². The molecule has 0 spiro atoms. The second kappa shape index (κ2) is 2.36. The van der Waals surface area contributed by atoms with E-state index in [2.05, 4.69) is 0 Å². The number of hydrogen-bond donors (Lipinski definition) is 1. The van der Waals surface area contributed by atoms with Crippen LogP contribution in [0, 0.1) is 5.16 Å². The monoisotopic (exact) mass is 160 g/mol. The summed E-state index contributed by atoms with van der Waals surface area (Å²) in [7, 11) is 3.36. The number of nitrogens with one attached hydrogen (secondary N) is 1. The van der Waals surface area contributed by atoms with Crippen molar-refractivity contribution in [2.45, 2.75) is 0 Å². The molecule has 0 aromatic rings. The van der Waals surface area contributed by atoms with Gasteiger partial charge in [-0.25, -0.2) is 0 Å². The van der Waals surface area contributed by atoms with Crippen LogP contribution in [0.2, 0.25) is 0 Å². The van der Waals surface area contributed by atoms with E-state index in [1.54, 1.807) is 14.1 Å². The third-order valence-electron chi connectivity index (χ3n) is 0.502. The van der Waals surface area contributed by atoms with Crippen molar-refractivity contribution in [3.8, 4) is 0 Å². The molecular formula is C2H7Cl2N2P. The van der Waals surface area contributed by atoms with Crippen LogP contribution < -0.4 is 0 Å². The molecule has 0 atom stereocenters. The summed E-state index contributed by atoms with van der Waals surface area (Å²) in [6, 6.07) is 0. The van der Waals surface area contributed by atoms with E-state index in [0.717, 1.165) is 0 Å². The molecule has 0 bridgehead atoms. The molecule has 0 unspecified atom stereocenters. The molecule has 0 amide bonds. The second-order valence-electron chi connectivity index (χ2n) is 1.33. The fourth-order valence-electron chi connectivity index (χ4n) is 0. The summed E-state index contributed by atoms with van der Waals surface area (Å²) >= 11 is 10.7. The lowest BCUT2D eigenvalue weighted by Gasteiger charge is -2.12. The maximum Gasteiger partial charge on any atom is 0.202 e. The molecule has 2 nitrogen and oxygen atoms in total. The molecule has 1 N–H and O–H groups in total. The van der Waals surface area contributed by atoms with Gasteiger partial charge in [0.1, 0.15) is 0 Å². The molecule has 0 aromatic heterocycles. The van der Waals surface area contributed by atoms with Crippen LogP contribution in [0.4, 0.5) is 0 Å². The van der Waals surface area contributed by atoms with E-state index in [1.165, 1.54) is 4.67 Å². The van der Waals surface area contributed by atoms with Crippen LogP contribution in [0.1, 0.15) is 0 Å². The Morgan fingerprint density at radius 3 is 1.57 bits per heavy atom. The number of hydrogen-bond acceptors (Lipinski definition) is 1. The molecule has 0 aromatic carbocycles. The number of rotatable bonds is 1. The molecule has 7 heavy (non-hydrogen) atoms. The van der Waals surface area contributed by atoms with Gasteiger partial charge in [0.15, 0.2) is 0 Å². The fraction of sp³-hybridized carbons (Fsp3) is 1.00. The predicted molar refractivity (Wildman–Crippen MR) is 35.0 cm³/mol. The molecule has 44 valence electrons. The van der Waals surface area contributed by atoms with Crippen molar-refractivity contribution < 1.29 is 0 Å². The van der Waals surface area contributed by atoms with Crippen LogP contribution in [-0.4, -0.2) is 18.8 Å². The molecule has 0 rings (SSSR count). The molecule has 0 heterocycles. The maximum absolute atomic E-state index is 6.95. The van der Waals surface area contributed by atoms with Gasteiger partial charge >= 0.3 is 0 Å². The van der Waals surface area contributed by atoms with E-state index < -0.39 is 5.91 Å². The highest BCUT2D eigenvalue weighted by atomic mass is 35.9. The Bertz CT molecular complexity index is 95.9. The van der Waals surface area contributed by atoms with Gasteiger partial charge in [-0.05, 0) is 36.6 Å². The quantitative estimate of drug-likeness (QED) is 0.587. The lowest BCUT2D eigenvalue weighted by atomic mass is 11.3. The van der Waals surface area contributed by atoms with Gasteiger partial charge in [0.05, 0.1) is 0 Å². The van der Waals surface area contributed by atoms with Gasteiger partial charge in [-0.15, -0.1) is 0 Å². The van der Waals surface area contributed by atoms with Gasteiger partial charge < -0.3 is 0 Å². The summed E-state index contributed by atoms with van der Waals surface area (Å²) in [5, 5.41) is 6.95. The lowest BCUT2D eigenvalue weighted by Crippen LogP contribution is -1.98. The van der Waals surface area contributed by atoms with Gasteiger partial charge in [-0.2, -0.15) is 0 Å². The lowest BCUT2D eigenvalue weighted by molar-refractivity contribution is 0.686. The summed E-state index contributed by atoms with van der Waals surface area (Å²) < 4.78 is 1.50. The van der Waals surface area contributed by atoms with Gasteiger partial charge in [-0.3, -0.25) is 9.83 Å². The van der Waals surface area contributed by atoms with Gasteiger partial charge in [0, 0.05) is 0 Å². The van der Waals surface area contributed by atoms with Crippen LogP contribution in [0.15, 0.2) is 0 Å². The molecule has 0 saturated carbocycles. The fourth-order valence-corrected chi connectivity index (χ4v) is 0. The zero-order valence-corrected chi connectivity index (χ0v) is 6.56. The first-order valence-corrected chi connectivity index (χ1v) is 5.21. The van der Waals surface area contributed by atoms with Crippen molar-refractivity contribution in [3.63, 3.8) is 0 Å². The first kappa shape index (κ1) is 7.77. The van der Waals surface area contributed by atoms with Gasteiger partial charge in [-0.1, -0.05) is 0 Å². The average molecular weight is 161 g/mol. The molecule has 0 radical (unpaired) electrons. The Labute approximate surface area is 52.9 Å². The van der Waals surface area contributed by atoms with E-state index in [1.807, 2.05) is 0 Å².